The van der Waals surface area contributed by atoms with E-state index in [1.165, 1.54) is 0 Å². The molecule has 6 nitrogen and oxygen atoms in total. The van der Waals surface area contributed by atoms with Crippen molar-refractivity contribution in [3.05, 3.63) is 72.4 Å². The van der Waals surface area contributed by atoms with Gasteiger partial charge in [-0.1, -0.05) is 35.1 Å². The Balaban J connectivity index is 1.79. The predicted molar refractivity (Wildman–Crippen MR) is 95.4 cm³/mol. The first kappa shape index (κ1) is 15.6. The van der Waals surface area contributed by atoms with Crippen molar-refractivity contribution in [1.82, 2.24) is 24.9 Å². The van der Waals surface area contributed by atoms with Gasteiger partial charge >= 0.3 is 0 Å². The highest BCUT2D eigenvalue weighted by Crippen LogP contribution is 2.30. The van der Waals surface area contributed by atoms with Crippen LogP contribution in [0, 0.1) is 6.92 Å². The zero-order valence-electron chi connectivity index (χ0n) is 13.5. The summed E-state index contributed by atoms with van der Waals surface area (Å²) in [6, 6.07) is 13.9. The zero-order valence-corrected chi connectivity index (χ0v) is 14.3. The molecule has 0 aliphatic rings. The second-order valence-corrected chi connectivity index (χ2v) is 6.39. The van der Waals surface area contributed by atoms with Gasteiger partial charge in [-0.2, -0.15) is 0 Å². The molecule has 3 aromatic heterocycles. The van der Waals surface area contributed by atoms with Crippen LogP contribution in [0.5, 0.6) is 0 Å². The summed E-state index contributed by atoms with van der Waals surface area (Å²) >= 11 is 1.58. The number of para-hydroxylation sites is 1. The van der Waals surface area contributed by atoms with Gasteiger partial charge in [-0.25, -0.2) is 0 Å². The largest absolute Gasteiger partial charge is 0.364 e. The molecule has 1 aromatic carbocycles. The lowest BCUT2D eigenvalue weighted by atomic mass is 10.2. The van der Waals surface area contributed by atoms with Crippen molar-refractivity contribution in [2.24, 2.45) is 0 Å². The van der Waals surface area contributed by atoms with Gasteiger partial charge in [-0.3, -0.25) is 9.55 Å². The van der Waals surface area contributed by atoms with Gasteiger partial charge in [0.1, 0.15) is 6.26 Å². The van der Waals surface area contributed by atoms with Gasteiger partial charge in [0, 0.05) is 29.8 Å². The summed E-state index contributed by atoms with van der Waals surface area (Å²) in [6.07, 6.45) is 5.09. The van der Waals surface area contributed by atoms with E-state index in [2.05, 4.69) is 44.0 Å². The summed E-state index contributed by atoms with van der Waals surface area (Å²) in [6.45, 7) is 2.08. The molecule has 0 amide bonds. The van der Waals surface area contributed by atoms with Gasteiger partial charge in [0.15, 0.2) is 11.0 Å². The van der Waals surface area contributed by atoms with Crippen molar-refractivity contribution in [3.8, 4) is 17.1 Å². The summed E-state index contributed by atoms with van der Waals surface area (Å²) in [5.41, 5.74) is 4.05. The van der Waals surface area contributed by atoms with Crippen LogP contribution >= 0.6 is 11.8 Å². The highest BCUT2D eigenvalue weighted by Gasteiger charge is 2.17. The van der Waals surface area contributed by atoms with E-state index in [1.54, 1.807) is 30.4 Å². The molecule has 0 atom stereocenters. The van der Waals surface area contributed by atoms with Crippen molar-refractivity contribution in [1.29, 1.82) is 0 Å². The summed E-state index contributed by atoms with van der Waals surface area (Å²) < 4.78 is 6.98. The molecule has 0 radical (unpaired) electrons. The van der Waals surface area contributed by atoms with E-state index in [-0.39, 0.29) is 0 Å². The molecule has 124 valence electrons. The normalized spacial score (nSPS) is 10.9. The number of thioether (sulfide) groups is 1. The van der Waals surface area contributed by atoms with E-state index >= 15 is 0 Å². The second kappa shape index (κ2) is 6.90. The lowest BCUT2D eigenvalue weighted by Crippen LogP contribution is -2.02. The highest BCUT2D eigenvalue weighted by molar-refractivity contribution is 7.98. The van der Waals surface area contributed by atoms with Gasteiger partial charge in [0.25, 0.3) is 0 Å². The van der Waals surface area contributed by atoms with Gasteiger partial charge < -0.3 is 4.52 Å². The number of benzene rings is 1. The number of hydrogen-bond acceptors (Lipinski definition) is 6. The van der Waals surface area contributed by atoms with Crippen LogP contribution in [-0.4, -0.2) is 24.9 Å². The van der Waals surface area contributed by atoms with Crippen LogP contribution in [0.25, 0.3) is 17.1 Å². The molecule has 7 heteroatoms. The Hall–Kier alpha value is -2.93. The molecule has 0 fully saturated rings. The summed E-state index contributed by atoms with van der Waals surface area (Å²) in [5.74, 6) is 1.45. The van der Waals surface area contributed by atoms with Crippen molar-refractivity contribution in [2.75, 3.05) is 0 Å². The summed E-state index contributed by atoms with van der Waals surface area (Å²) in [7, 11) is 0. The first-order valence-corrected chi connectivity index (χ1v) is 8.75. The Kier molecular flexibility index (Phi) is 4.30. The first-order chi connectivity index (χ1) is 12.3. The Labute approximate surface area is 148 Å². The van der Waals surface area contributed by atoms with Crippen molar-refractivity contribution >= 4 is 11.8 Å². The highest BCUT2D eigenvalue weighted by atomic mass is 32.2. The summed E-state index contributed by atoms with van der Waals surface area (Å²) in [4.78, 5) is 4.09. The molecule has 0 unspecified atom stereocenters. The number of aryl methyl sites for hydroxylation is 1. The van der Waals surface area contributed by atoms with E-state index in [0.29, 0.717) is 5.75 Å². The smallest absolute Gasteiger partial charge is 0.196 e. The minimum atomic E-state index is 0.664. The average molecular weight is 349 g/mol. The molecule has 0 aliphatic carbocycles. The Morgan fingerprint density at radius 3 is 2.64 bits per heavy atom. The van der Waals surface area contributed by atoms with E-state index in [4.69, 9.17) is 4.52 Å². The number of hydrogen-bond donors (Lipinski definition) is 0. The maximum absolute atomic E-state index is 4.90. The van der Waals surface area contributed by atoms with Gasteiger partial charge in [0.05, 0.1) is 11.4 Å². The van der Waals surface area contributed by atoms with Crippen LogP contribution in [0.2, 0.25) is 0 Å². The first-order valence-electron chi connectivity index (χ1n) is 7.77. The molecule has 0 aliphatic heterocycles. The van der Waals surface area contributed by atoms with Crippen molar-refractivity contribution in [3.63, 3.8) is 0 Å². The quantitative estimate of drug-likeness (QED) is 0.509. The molecule has 0 N–H and O–H groups in total. The lowest BCUT2D eigenvalue weighted by molar-refractivity contribution is 0.414. The fraction of sp³-hybridized carbons (Fsp3) is 0.111. The van der Waals surface area contributed by atoms with Gasteiger partial charge in [-0.05, 0) is 30.7 Å². The lowest BCUT2D eigenvalue weighted by Gasteiger charge is -2.12. The van der Waals surface area contributed by atoms with Crippen LogP contribution in [0.1, 0.15) is 11.3 Å². The summed E-state index contributed by atoms with van der Waals surface area (Å²) in [5, 5.41) is 13.6. The van der Waals surface area contributed by atoms with Crippen molar-refractivity contribution in [2.45, 2.75) is 17.8 Å². The molecule has 0 spiro atoms. The molecule has 0 bridgehead atoms. The molecule has 0 saturated heterocycles. The molecular weight excluding hydrogens is 334 g/mol. The number of aromatic nitrogens is 5. The zero-order chi connectivity index (χ0) is 17.1. The molecule has 25 heavy (non-hydrogen) atoms. The SMILES string of the molecule is Cc1ccccc1-n1c(SCc2ccon2)nnc1-c1ccncc1. The van der Waals surface area contributed by atoms with Crippen molar-refractivity contribution < 1.29 is 4.52 Å². The third-order valence-corrected chi connectivity index (χ3v) is 4.73. The van der Waals surface area contributed by atoms with E-state index in [0.717, 1.165) is 33.5 Å². The van der Waals surface area contributed by atoms with Crippen LogP contribution in [0.15, 0.2) is 70.8 Å². The minimum absolute atomic E-state index is 0.664. The molecule has 4 aromatic rings. The Morgan fingerprint density at radius 2 is 1.88 bits per heavy atom. The minimum Gasteiger partial charge on any atom is -0.364 e. The second-order valence-electron chi connectivity index (χ2n) is 5.44. The number of nitrogens with zero attached hydrogens (tertiary/aromatic N) is 5. The molecular formula is C18H15N5OS. The van der Waals surface area contributed by atoms with Crippen LogP contribution in [0.4, 0.5) is 0 Å². The van der Waals surface area contributed by atoms with Gasteiger partial charge in [0.2, 0.25) is 0 Å². The number of rotatable bonds is 5. The Morgan fingerprint density at radius 1 is 1.04 bits per heavy atom. The van der Waals surface area contributed by atoms with Gasteiger partial charge in [-0.15, -0.1) is 10.2 Å². The third kappa shape index (κ3) is 3.18. The van der Waals surface area contributed by atoms with Crippen LogP contribution < -0.4 is 0 Å². The molecule has 3 heterocycles. The van der Waals surface area contributed by atoms with Crippen LogP contribution in [-0.2, 0) is 5.75 Å². The molecule has 0 saturated carbocycles. The maximum atomic E-state index is 4.90. The van der Waals surface area contributed by atoms with E-state index in [9.17, 15) is 0 Å². The monoisotopic (exact) mass is 349 g/mol. The third-order valence-electron chi connectivity index (χ3n) is 3.77. The number of pyridine rings is 1. The fourth-order valence-electron chi connectivity index (χ4n) is 2.53. The molecule has 4 rings (SSSR count). The van der Waals surface area contributed by atoms with Crippen LogP contribution in [0.3, 0.4) is 0 Å². The standard InChI is InChI=1S/C18H15N5OS/c1-13-4-2-3-5-16(13)23-17(14-6-9-19-10-7-14)20-21-18(23)25-12-15-8-11-24-22-15/h2-11H,12H2,1H3. The van der Waals surface area contributed by atoms with E-state index in [1.807, 2.05) is 30.3 Å². The van der Waals surface area contributed by atoms with E-state index < -0.39 is 0 Å². The fourth-order valence-corrected chi connectivity index (χ4v) is 3.37. The maximum Gasteiger partial charge on any atom is 0.196 e. The topological polar surface area (TPSA) is 69.6 Å². The average Bonchev–Trinajstić information content (AvgIpc) is 3.31. The predicted octanol–water partition coefficient (Wildman–Crippen LogP) is 3.92. The Bertz CT molecular complexity index is 966.